The standard InChI is InChI=1S/C11H21F2N3O2S/c12-11(13)8-15-19(17,18)16-5-3-9(4-6-16)7-14-10-1-2-10/h9-11,14-15H,1-8H2. The summed E-state index contributed by atoms with van der Waals surface area (Å²) in [6.45, 7) is 0.944. The maximum atomic E-state index is 12.0. The van der Waals surface area contributed by atoms with Gasteiger partial charge in [0.1, 0.15) is 0 Å². The van der Waals surface area contributed by atoms with Crippen LogP contribution in [0.15, 0.2) is 0 Å². The zero-order chi connectivity index (χ0) is 13.9. The average Bonchev–Trinajstić information content (AvgIpc) is 3.19. The molecule has 1 saturated heterocycles. The number of alkyl halides is 2. The maximum absolute atomic E-state index is 12.0. The third-order valence-corrected chi connectivity index (χ3v) is 5.18. The van der Waals surface area contributed by atoms with Crippen molar-refractivity contribution in [3.05, 3.63) is 0 Å². The van der Waals surface area contributed by atoms with Crippen molar-refractivity contribution in [1.82, 2.24) is 14.3 Å². The molecule has 1 aliphatic carbocycles. The Labute approximate surface area is 112 Å². The summed E-state index contributed by atoms with van der Waals surface area (Å²) in [5.41, 5.74) is 0. The Morgan fingerprint density at radius 2 is 1.79 bits per heavy atom. The van der Waals surface area contributed by atoms with Crippen LogP contribution in [0.5, 0.6) is 0 Å². The van der Waals surface area contributed by atoms with Crippen molar-refractivity contribution in [3.63, 3.8) is 0 Å². The van der Waals surface area contributed by atoms with Gasteiger partial charge in [-0.05, 0) is 38.1 Å². The zero-order valence-corrected chi connectivity index (χ0v) is 11.6. The van der Waals surface area contributed by atoms with E-state index >= 15 is 0 Å². The Kier molecular flexibility index (Phi) is 5.10. The lowest BCUT2D eigenvalue weighted by molar-refractivity contribution is 0.152. The van der Waals surface area contributed by atoms with Gasteiger partial charge < -0.3 is 5.32 Å². The highest BCUT2D eigenvalue weighted by Crippen LogP contribution is 2.22. The topological polar surface area (TPSA) is 61.4 Å². The molecule has 19 heavy (non-hydrogen) atoms. The largest absolute Gasteiger partial charge is 0.314 e. The lowest BCUT2D eigenvalue weighted by Crippen LogP contribution is -2.47. The molecule has 0 amide bonds. The summed E-state index contributed by atoms with van der Waals surface area (Å²) < 4.78 is 50.7. The Bertz CT molecular complexity index is 379. The Balaban J connectivity index is 1.71. The smallest absolute Gasteiger partial charge is 0.279 e. The van der Waals surface area contributed by atoms with Crippen LogP contribution < -0.4 is 10.0 Å². The predicted molar refractivity (Wildman–Crippen MR) is 68.2 cm³/mol. The molecular weight excluding hydrogens is 276 g/mol. The van der Waals surface area contributed by atoms with Crippen molar-refractivity contribution in [2.75, 3.05) is 26.2 Å². The van der Waals surface area contributed by atoms with Gasteiger partial charge in [-0.3, -0.25) is 0 Å². The second-order valence-electron chi connectivity index (χ2n) is 5.27. The van der Waals surface area contributed by atoms with E-state index < -0.39 is 23.2 Å². The lowest BCUT2D eigenvalue weighted by atomic mass is 9.98. The molecule has 0 unspecified atom stereocenters. The van der Waals surface area contributed by atoms with E-state index in [4.69, 9.17) is 0 Å². The first-order chi connectivity index (χ1) is 8.97. The minimum Gasteiger partial charge on any atom is -0.314 e. The van der Waals surface area contributed by atoms with Crippen LogP contribution in [0.25, 0.3) is 0 Å². The van der Waals surface area contributed by atoms with Gasteiger partial charge in [-0.25, -0.2) is 8.78 Å². The van der Waals surface area contributed by atoms with Crippen LogP contribution in [-0.4, -0.2) is 51.4 Å². The lowest BCUT2D eigenvalue weighted by Gasteiger charge is -2.31. The zero-order valence-electron chi connectivity index (χ0n) is 10.8. The van der Waals surface area contributed by atoms with Crippen LogP contribution >= 0.6 is 0 Å². The summed E-state index contributed by atoms with van der Waals surface area (Å²) in [4.78, 5) is 0. The second kappa shape index (κ2) is 6.43. The van der Waals surface area contributed by atoms with Gasteiger partial charge in [-0.2, -0.15) is 17.4 Å². The molecule has 1 heterocycles. The molecule has 112 valence electrons. The quantitative estimate of drug-likeness (QED) is 0.721. The first-order valence-corrected chi connectivity index (χ1v) is 8.17. The summed E-state index contributed by atoms with van der Waals surface area (Å²) in [5, 5.41) is 3.44. The van der Waals surface area contributed by atoms with Crippen LogP contribution in [0.1, 0.15) is 25.7 Å². The van der Waals surface area contributed by atoms with E-state index in [-0.39, 0.29) is 0 Å². The van der Waals surface area contributed by atoms with Crippen LogP contribution in [-0.2, 0) is 10.2 Å². The molecule has 0 spiro atoms. The number of halogens is 2. The fourth-order valence-corrected chi connectivity index (χ4v) is 3.44. The van der Waals surface area contributed by atoms with Gasteiger partial charge in [0.05, 0.1) is 6.54 Å². The number of hydrogen-bond donors (Lipinski definition) is 2. The van der Waals surface area contributed by atoms with Gasteiger partial charge in [0.25, 0.3) is 16.6 Å². The Hall–Kier alpha value is -0.310. The molecule has 1 saturated carbocycles. The van der Waals surface area contributed by atoms with E-state index in [9.17, 15) is 17.2 Å². The van der Waals surface area contributed by atoms with E-state index in [2.05, 4.69) is 5.32 Å². The molecule has 1 aliphatic heterocycles. The van der Waals surface area contributed by atoms with Crippen molar-refractivity contribution in [2.24, 2.45) is 5.92 Å². The Morgan fingerprint density at radius 3 is 2.32 bits per heavy atom. The summed E-state index contributed by atoms with van der Waals surface area (Å²) >= 11 is 0. The molecule has 0 aromatic rings. The molecule has 0 aromatic heterocycles. The average molecular weight is 297 g/mol. The minimum absolute atomic E-state index is 0.412. The monoisotopic (exact) mass is 297 g/mol. The normalized spacial score (nSPS) is 23.1. The van der Waals surface area contributed by atoms with Crippen molar-refractivity contribution in [2.45, 2.75) is 38.2 Å². The van der Waals surface area contributed by atoms with E-state index in [1.54, 1.807) is 0 Å². The van der Waals surface area contributed by atoms with E-state index in [0.29, 0.717) is 25.0 Å². The van der Waals surface area contributed by atoms with Crippen LogP contribution in [0.3, 0.4) is 0 Å². The SMILES string of the molecule is O=S(=O)(NCC(F)F)N1CCC(CNC2CC2)CC1. The molecule has 2 aliphatic rings. The number of hydrogen-bond acceptors (Lipinski definition) is 3. The highest BCUT2D eigenvalue weighted by atomic mass is 32.2. The van der Waals surface area contributed by atoms with Gasteiger partial charge in [0.2, 0.25) is 0 Å². The molecule has 2 fully saturated rings. The van der Waals surface area contributed by atoms with Crippen molar-refractivity contribution in [3.8, 4) is 0 Å². The summed E-state index contributed by atoms with van der Waals surface area (Å²) in [6.07, 6.45) is 1.40. The van der Waals surface area contributed by atoms with E-state index in [0.717, 1.165) is 19.4 Å². The Morgan fingerprint density at radius 1 is 1.16 bits per heavy atom. The van der Waals surface area contributed by atoms with Crippen molar-refractivity contribution >= 4 is 10.2 Å². The number of piperidine rings is 1. The first-order valence-electron chi connectivity index (χ1n) is 6.73. The third-order valence-electron chi connectivity index (χ3n) is 3.61. The van der Waals surface area contributed by atoms with E-state index in [1.165, 1.54) is 17.1 Å². The molecule has 0 radical (unpaired) electrons. The molecule has 8 heteroatoms. The third kappa shape index (κ3) is 4.94. The molecule has 5 nitrogen and oxygen atoms in total. The summed E-state index contributed by atoms with van der Waals surface area (Å²) in [5.74, 6) is 0.488. The maximum Gasteiger partial charge on any atom is 0.279 e. The van der Waals surface area contributed by atoms with Gasteiger partial charge in [-0.15, -0.1) is 0 Å². The molecule has 2 N–H and O–H groups in total. The van der Waals surface area contributed by atoms with Gasteiger partial charge >= 0.3 is 0 Å². The fourth-order valence-electron chi connectivity index (χ4n) is 2.23. The highest BCUT2D eigenvalue weighted by molar-refractivity contribution is 7.87. The highest BCUT2D eigenvalue weighted by Gasteiger charge is 2.29. The van der Waals surface area contributed by atoms with Crippen LogP contribution in [0.4, 0.5) is 8.78 Å². The van der Waals surface area contributed by atoms with Gasteiger partial charge in [0, 0.05) is 19.1 Å². The second-order valence-corrected chi connectivity index (χ2v) is 7.02. The molecule has 0 aromatic carbocycles. The van der Waals surface area contributed by atoms with E-state index in [1.807, 2.05) is 4.72 Å². The van der Waals surface area contributed by atoms with Crippen LogP contribution in [0, 0.1) is 5.92 Å². The summed E-state index contributed by atoms with van der Waals surface area (Å²) in [6, 6.07) is 0.662. The summed E-state index contributed by atoms with van der Waals surface area (Å²) in [7, 11) is -3.74. The van der Waals surface area contributed by atoms with Crippen molar-refractivity contribution in [1.29, 1.82) is 0 Å². The molecular formula is C11H21F2N3O2S. The van der Waals surface area contributed by atoms with Crippen molar-refractivity contribution < 1.29 is 17.2 Å². The predicted octanol–water partition coefficient (Wildman–Crippen LogP) is 0.550. The van der Waals surface area contributed by atoms with Crippen LogP contribution in [0.2, 0.25) is 0 Å². The van der Waals surface area contributed by atoms with Gasteiger partial charge in [0.15, 0.2) is 0 Å². The number of nitrogens with zero attached hydrogens (tertiary/aromatic N) is 1. The number of nitrogens with one attached hydrogen (secondary N) is 2. The fraction of sp³-hybridized carbons (Fsp3) is 1.00. The molecule has 0 bridgehead atoms. The van der Waals surface area contributed by atoms with Gasteiger partial charge in [-0.1, -0.05) is 0 Å². The first kappa shape index (κ1) is 15.1. The minimum atomic E-state index is -3.74. The molecule has 2 rings (SSSR count). The number of rotatable bonds is 7. The molecule has 0 atom stereocenters.